The highest BCUT2D eigenvalue weighted by atomic mass is 16.6. The molecule has 0 aliphatic carbocycles. The van der Waals surface area contributed by atoms with Gasteiger partial charge < -0.3 is 19.9 Å². The number of rotatable bonds is 1. The Morgan fingerprint density at radius 3 is 2.33 bits per heavy atom. The fourth-order valence-electron chi connectivity index (χ4n) is 1.62. The number of carbonyl (C=O) groups is 1. The summed E-state index contributed by atoms with van der Waals surface area (Å²) in [7, 11) is 5.60. The number of carbonyl (C=O) groups excluding carboxylic acids is 1. The molecule has 0 aromatic rings. The summed E-state index contributed by atoms with van der Waals surface area (Å²) < 4.78 is 5.29. The summed E-state index contributed by atoms with van der Waals surface area (Å²) in [4.78, 5) is 19.4. The molecule has 0 bridgehead atoms. The van der Waals surface area contributed by atoms with Crippen molar-refractivity contribution in [3.05, 3.63) is 0 Å². The van der Waals surface area contributed by atoms with E-state index in [1.165, 1.54) is 0 Å². The van der Waals surface area contributed by atoms with Crippen LogP contribution in [0.3, 0.4) is 0 Å². The molecule has 1 N–H and O–H groups in total. The second kappa shape index (κ2) is 5.46. The normalized spacial score (nSPS) is 17.2. The third-order valence-corrected chi connectivity index (χ3v) is 2.50. The summed E-state index contributed by atoms with van der Waals surface area (Å²) in [6.45, 7) is 6.92. The zero-order valence-corrected chi connectivity index (χ0v) is 12.1. The van der Waals surface area contributed by atoms with Crippen LogP contribution >= 0.6 is 0 Å². The number of hydrogen-bond acceptors (Lipinski definition) is 3. The predicted molar refractivity (Wildman–Crippen MR) is 71.8 cm³/mol. The van der Waals surface area contributed by atoms with E-state index >= 15 is 0 Å². The summed E-state index contributed by atoms with van der Waals surface area (Å²) in [6.07, 6.45) is -0.250. The van der Waals surface area contributed by atoms with E-state index in [-0.39, 0.29) is 12.1 Å². The Morgan fingerprint density at radius 2 is 1.94 bits per heavy atom. The molecule has 1 fully saturated rings. The van der Waals surface area contributed by atoms with Crippen molar-refractivity contribution in [3.8, 4) is 0 Å². The van der Waals surface area contributed by atoms with Gasteiger partial charge in [0.15, 0.2) is 5.96 Å². The third-order valence-electron chi connectivity index (χ3n) is 2.50. The molecule has 0 spiro atoms. The summed E-state index contributed by atoms with van der Waals surface area (Å²) in [6, 6.07) is 0.249. The lowest BCUT2D eigenvalue weighted by atomic mass is 10.1. The van der Waals surface area contributed by atoms with E-state index in [1.807, 2.05) is 39.8 Å². The average Bonchev–Trinajstić information content (AvgIpc) is 2.12. The molecule has 1 heterocycles. The lowest BCUT2D eigenvalue weighted by molar-refractivity contribution is 0.00688. The molecule has 0 atom stereocenters. The molecule has 1 aliphatic heterocycles. The van der Waals surface area contributed by atoms with Gasteiger partial charge >= 0.3 is 6.09 Å². The smallest absolute Gasteiger partial charge is 0.410 e. The summed E-state index contributed by atoms with van der Waals surface area (Å²) >= 11 is 0. The maximum absolute atomic E-state index is 11.7. The summed E-state index contributed by atoms with van der Waals surface area (Å²) in [5.41, 5.74) is -0.435. The molecule has 0 radical (unpaired) electrons. The first kappa shape index (κ1) is 14.6. The average molecular weight is 256 g/mol. The van der Waals surface area contributed by atoms with Gasteiger partial charge in [0.1, 0.15) is 5.60 Å². The zero-order chi connectivity index (χ0) is 13.9. The molecule has 1 aliphatic rings. The largest absolute Gasteiger partial charge is 0.444 e. The van der Waals surface area contributed by atoms with Crippen LogP contribution in [0.15, 0.2) is 4.99 Å². The first-order valence-corrected chi connectivity index (χ1v) is 6.11. The van der Waals surface area contributed by atoms with Crippen LogP contribution in [-0.2, 0) is 4.74 Å². The topological polar surface area (TPSA) is 57.2 Å². The number of aliphatic imine (C=N–C) groups is 1. The van der Waals surface area contributed by atoms with Crippen molar-refractivity contribution in [1.29, 1.82) is 0 Å². The lowest BCUT2D eigenvalue weighted by Crippen LogP contribution is -2.62. The molecule has 6 nitrogen and oxygen atoms in total. The molecule has 0 aromatic carbocycles. The Morgan fingerprint density at radius 1 is 1.39 bits per heavy atom. The molecule has 6 heteroatoms. The summed E-state index contributed by atoms with van der Waals surface area (Å²) in [5.74, 6) is 0.823. The first-order valence-electron chi connectivity index (χ1n) is 6.11. The van der Waals surface area contributed by atoms with Crippen LogP contribution in [0.4, 0.5) is 4.79 Å². The van der Waals surface area contributed by atoms with E-state index in [0.29, 0.717) is 13.1 Å². The van der Waals surface area contributed by atoms with Crippen LogP contribution in [0.1, 0.15) is 20.8 Å². The molecule has 0 unspecified atom stereocenters. The third kappa shape index (κ3) is 4.09. The van der Waals surface area contributed by atoms with E-state index in [9.17, 15) is 4.79 Å². The Labute approximate surface area is 109 Å². The van der Waals surface area contributed by atoms with Crippen molar-refractivity contribution in [2.75, 3.05) is 34.2 Å². The van der Waals surface area contributed by atoms with Crippen LogP contribution in [0.2, 0.25) is 0 Å². The highest BCUT2D eigenvalue weighted by Gasteiger charge is 2.34. The molecule has 1 rings (SSSR count). The van der Waals surface area contributed by atoms with Crippen molar-refractivity contribution < 1.29 is 9.53 Å². The van der Waals surface area contributed by atoms with E-state index in [0.717, 1.165) is 5.96 Å². The Bertz CT molecular complexity index is 327. The number of hydrogen-bond donors (Lipinski definition) is 1. The maximum Gasteiger partial charge on any atom is 0.410 e. The highest BCUT2D eigenvalue weighted by Crippen LogP contribution is 2.15. The van der Waals surface area contributed by atoms with Gasteiger partial charge in [0.05, 0.1) is 6.04 Å². The first-order chi connectivity index (χ1) is 8.23. The van der Waals surface area contributed by atoms with Crippen molar-refractivity contribution in [1.82, 2.24) is 15.1 Å². The molecule has 0 aromatic heterocycles. The fraction of sp³-hybridized carbons (Fsp3) is 0.833. The Kier molecular flexibility index (Phi) is 4.43. The number of guanidine groups is 1. The zero-order valence-electron chi connectivity index (χ0n) is 12.1. The van der Waals surface area contributed by atoms with Crippen molar-refractivity contribution >= 4 is 12.1 Å². The van der Waals surface area contributed by atoms with E-state index < -0.39 is 5.60 Å². The van der Waals surface area contributed by atoms with E-state index in [1.54, 1.807) is 11.9 Å². The van der Waals surface area contributed by atoms with Crippen LogP contribution in [0.25, 0.3) is 0 Å². The Balaban J connectivity index is 2.34. The number of amides is 1. The van der Waals surface area contributed by atoms with Gasteiger partial charge in [0.25, 0.3) is 0 Å². The maximum atomic E-state index is 11.7. The van der Waals surface area contributed by atoms with Gasteiger partial charge in [-0.25, -0.2) is 4.79 Å². The van der Waals surface area contributed by atoms with Gasteiger partial charge in [0, 0.05) is 34.2 Å². The molecular weight excluding hydrogens is 232 g/mol. The molecule has 104 valence electrons. The van der Waals surface area contributed by atoms with Gasteiger partial charge in [-0.15, -0.1) is 0 Å². The minimum absolute atomic E-state index is 0.249. The number of likely N-dealkylation sites (tertiary alicyclic amines) is 1. The van der Waals surface area contributed by atoms with Crippen molar-refractivity contribution in [2.24, 2.45) is 4.99 Å². The summed E-state index contributed by atoms with van der Waals surface area (Å²) in [5, 5.41) is 3.28. The van der Waals surface area contributed by atoms with Gasteiger partial charge in [0.2, 0.25) is 0 Å². The quantitative estimate of drug-likeness (QED) is 0.555. The van der Waals surface area contributed by atoms with Crippen molar-refractivity contribution in [2.45, 2.75) is 32.4 Å². The van der Waals surface area contributed by atoms with Crippen LogP contribution in [0.5, 0.6) is 0 Å². The van der Waals surface area contributed by atoms with Crippen molar-refractivity contribution in [3.63, 3.8) is 0 Å². The molecule has 0 saturated carbocycles. The van der Waals surface area contributed by atoms with Crippen LogP contribution in [0, 0.1) is 0 Å². The van der Waals surface area contributed by atoms with Gasteiger partial charge in [-0.3, -0.25) is 4.99 Å². The SMILES string of the molecule is CN=C(NC1CN(C(=O)OC(C)(C)C)C1)N(C)C. The van der Waals surface area contributed by atoms with E-state index in [2.05, 4.69) is 10.3 Å². The molecule has 1 amide bonds. The molecule has 18 heavy (non-hydrogen) atoms. The molecule has 1 saturated heterocycles. The van der Waals surface area contributed by atoms with Gasteiger partial charge in [-0.1, -0.05) is 0 Å². The highest BCUT2D eigenvalue weighted by molar-refractivity contribution is 5.80. The standard InChI is InChI=1S/C12H24N4O2/c1-12(2,3)18-11(17)16-7-9(8-16)14-10(13-4)15(5)6/h9H,7-8H2,1-6H3,(H,13,14). The van der Waals surface area contributed by atoms with E-state index in [4.69, 9.17) is 4.74 Å². The number of nitrogens with zero attached hydrogens (tertiary/aromatic N) is 3. The van der Waals surface area contributed by atoms with Crippen LogP contribution in [-0.4, -0.2) is 67.7 Å². The second-order valence-electron chi connectivity index (χ2n) is 5.67. The lowest BCUT2D eigenvalue weighted by Gasteiger charge is -2.41. The number of ether oxygens (including phenoxy) is 1. The fourth-order valence-corrected chi connectivity index (χ4v) is 1.62. The minimum Gasteiger partial charge on any atom is -0.444 e. The minimum atomic E-state index is -0.435. The van der Waals surface area contributed by atoms with Gasteiger partial charge in [-0.2, -0.15) is 0 Å². The molecular formula is C12H24N4O2. The Hall–Kier alpha value is -1.46. The second-order valence-corrected chi connectivity index (χ2v) is 5.67. The van der Waals surface area contributed by atoms with Crippen LogP contribution < -0.4 is 5.32 Å². The predicted octanol–water partition coefficient (Wildman–Crippen LogP) is 0.743. The number of nitrogens with one attached hydrogen (secondary N) is 1. The monoisotopic (exact) mass is 256 g/mol. The van der Waals surface area contributed by atoms with Gasteiger partial charge in [-0.05, 0) is 20.8 Å².